The third-order valence-electron chi connectivity index (χ3n) is 4.82. The van der Waals surface area contributed by atoms with Crippen molar-refractivity contribution in [3.8, 4) is 0 Å². The van der Waals surface area contributed by atoms with Crippen molar-refractivity contribution in [2.75, 3.05) is 25.5 Å². The normalized spacial score (nSPS) is 17.3. The Morgan fingerprint density at radius 1 is 1.19 bits per heavy atom. The number of carbonyl (C=O) groups is 2. The molecule has 2 aromatic rings. The van der Waals surface area contributed by atoms with E-state index in [0.717, 1.165) is 36.5 Å². The zero-order valence-corrected chi connectivity index (χ0v) is 16.0. The molecule has 1 fully saturated rings. The number of halogens is 1. The minimum Gasteiger partial charge on any atom is -0.465 e. The molecule has 27 heavy (non-hydrogen) atoms. The lowest BCUT2D eigenvalue weighted by Gasteiger charge is -2.32. The lowest BCUT2D eigenvalue weighted by molar-refractivity contribution is -0.121. The first-order valence-corrected chi connectivity index (χ1v) is 9.40. The van der Waals surface area contributed by atoms with E-state index in [2.05, 4.69) is 10.2 Å². The van der Waals surface area contributed by atoms with Crippen molar-refractivity contribution >= 4 is 29.2 Å². The highest BCUT2D eigenvalue weighted by Crippen LogP contribution is 2.24. The molecule has 0 radical (unpaired) electrons. The van der Waals surface area contributed by atoms with Gasteiger partial charge in [-0.25, -0.2) is 4.79 Å². The molecule has 6 heteroatoms. The Hall–Kier alpha value is -2.37. The minimum atomic E-state index is -0.463. The standard InChI is InChI=1S/C21H23ClN2O3/c1-27-21(26)17-9-3-5-11-19(17)23-20(25)16-8-6-12-24(14-16)13-15-7-2-4-10-18(15)22/h2-5,7,9-11,16H,6,8,12-14H2,1H3,(H,23,25)/t16-/m1/s1. The number of likely N-dealkylation sites (tertiary alicyclic amines) is 1. The van der Waals surface area contributed by atoms with Crippen LogP contribution in [0, 0.1) is 5.92 Å². The summed E-state index contributed by atoms with van der Waals surface area (Å²) in [6, 6.07) is 14.7. The van der Waals surface area contributed by atoms with Crippen LogP contribution in [0.3, 0.4) is 0 Å². The van der Waals surface area contributed by atoms with Gasteiger partial charge in [0, 0.05) is 18.1 Å². The van der Waals surface area contributed by atoms with E-state index in [1.54, 1.807) is 24.3 Å². The number of esters is 1. The fourth-order valence-corrected chi connectivity index (χ4v) is 3.59. The molecule has 142 valence electrons. The van der Waals surface area contributed by atoms with Gasteiger partial charge in [-0.15, -0.1) is 0 Å². The summed E-state index contributed by atoms with van der Waals surface area (Å²) in [6.07, 6.45) is 1.77. The first kappa shape index (κ1) is 19.4. The van der Waals surface area contributed by atoms with Gasteiger partial charge >= 0.3 is 5.97 Å². The highest BCUT2D eigenvalue weighted by molar-refractivity contribution is 6.31. The van der Waals surface area contributed by atoms with Crippen molar-refractivity contribution in [2.45, 2.75) is 19.4 Å². The lowest BCUT2D eigenvalue weighted by Crippen LogP contribution is -2.40. The molecule has 1 N–H and O–H groups in total. The van der Waals surface area contributed by atoms with Crippen LogP contribution >= 0.6 is 11.6 Å². The number of carbonyl (C=O) groups excluding carboxylic acids is 2. The van der Waals surface area contributed by atoms with Crippen LogP contribution < -0.4 is 5.32 Å². The Labute approximate surface area is 164 Å². The highest BCUT2D eigenvalue weighted by atomic mass is 35.5. The van der Waals surface area contributed by atoms with E-state index in [0.29, 0.717) is 17.8 Å². The van der Waals surface area contributed by atoms with Gasteiger partial charge in [0.2, 0.25) is 5.91 Å². The number of amides is 1. The molecular weight excluding hydrogens is 364 g/mol. The summed E-state index contributed by atoms with van der Waals surface area (Å²) >= 11 is 6.26. The van der Waals surface area contributed by atoms with Crippen LogP contribution in [0.25, 0.3) is 0 Å². The van der Waals surface area contributed by atoms with Crippen LogP contribution in [0.4, 0.5) is 5.69 Å². The molecule has 0 unspecified atom stereocenters. The average molecular weight is 387 g/mol. The van der Waals surface area contributed by atoms with Crippen molar-refractivity contribution < 1.29 is 14.3 Å². The summed E-state index contributed by atoms with van der Waals surface area (Å²) in [5.74, 6) is -0.669. The van der Waals surface area contributed by atoms with Crippen LogP contribution in [0.15, 0.2) is 48.5 Å². The van der Waals surface area contributed by atoms with E-state index < -0.39 is 5.97 Å². The molecule has 2 aromatic carbocycles. The monoisotopic (exact) mass is 386 g/mol. The second kappa shape index (κ2) is 9.02. The van der Waals surface area contributed by atoms with Crippen LogP contribution in [-0.4, -0.2) is 37.0 Å². The Bertz CT molecular complexity index is 825. The van der Waals surface area contributed by atoms with Gasteiger partial charge in [-0.2, -0.15) is 0 Å². The van der Waals surface area contributed by atoms with Gasteiger partial charge in [0.1, 0.15) is 0 Å². The minimum absolute atomic E-state index is 0.0739. The number of nitrogens with one attached hydrogen (secondary N) is 1. The van der Waals surface area contributed by atoms with Crippen molar-refractivity contribution in [1.29, 1.82) is 0 Å². The number of benzene rings is 2. The van der Waals surface area contributed by atoms with Crippen molar-refractivity contribution in [3.63, 3.8) is 0 Å². The number of hydrogen-bond acceptors (Lipinski definition) is 4. The Morgan fingerprint density at radius 3 is 2.70 bits per heavy atom. The maximum absolute atomic E-state index is 12.8. The molecular formula is C21H23ClN2O3. The topological polar surface area (TPSA) is 58.6 Å². The van der Waals surface area contributed by atoms with Crippen molar-refractivity contribution in [2.24, 2.45) is 5.92 Å². The van der Waals surface area contributed by atoms with Crippen LogP contribution in [0.5, 0.6) is 0 Å². The molecule has 0 saturated carbocycles. The number of rotatable bonds is 5. The number of methoxy groups -OCH3 is 1. The average Bonchev–Trinajstić information content (AvgIpc) is 2.70. The predicted molar refractivity (Wildman–Crippen MR) is 106 cm³/mol. The van der Waals surface area contributed by atoms with Gasteiger partial charge in [0.25, 0.3) is 0 Å². The third-order valence-corrected chi connectivity index (χ3v) is 5.19. The van der Waals surface area contributed by atoms with E-state index in [1.807, 2.05) is 24.3 Å². The fourth-order valence-electron chi connectivity index (χ4n) is 3.40. The molecule has 0 aromatic heterocycles. The summed E-state index contributed by atoms with van der Waals surface area (Å²) in [5, 5.41) is 3.65. The summed E-state index contributed by atoms with van der Waals surface area (Å²) < 4.78 is 4.79. The number of para-hydroxylation sites is 1. The number of piperidine rings is 1. The second-order valence-corrected chi connectivity index (χ2v) is 7.10. The van der Waals surface area contributed by atoms with Gasteiger partial charge in [0.05, 0.1) is 24.3 Å². The van der Waals surface area contributed by atoms with Gasteiger partial charge in [0.15, 0.2) is 0 Å². The van der Waals surface area contributed by atoms with E-state index >= 15 is 0 Å². The molecule has 1 amide bonds. The molecule has 1 aliphatic rings. The van der Waals surface area contributed by atoms with Crippen LogP contribution in [-0.2, 0) is 16.1 Å². The molecule has 1 saturated heterocycles. The lowest BCUT2D eigenvalue weighted by atomic mass is 9.96. The molecule has 1 heterocycles. The van der Waals surface area contributed by atoms with Crippen LogP contribution in [0.2, 0.25) is 5.02 Å². The van der Waals surface area contributed by atoms with Crippen molar-refractivity contribution in [3.05, 3.63) is 64.7 Å². The number of hydrogen-bond donors (Lipinski definition) is 1. The summed E-state index contributed by atoms with van der Waals surface area (Å²) in [6.45, 7) is 2.33. The molecule has 3 rings (SSSR count). The van der Waals surface area contributed by atoms with E-state index in [1.165, 1.54) is 7.11 Å². The third kappa shape index (κ3) is 4.87. The summed E-state index contributed by atoms with van der Waals surface area (Å²) in [5.41, 5.74) is 1.91. The summed E-state index contributed by atoms with van der Waals surface area (Å²) in [4.78, 5) is 26.9. The molecule has 1 aliphatic heterocycles. The molecule has 5 nitrogen and oxygen atoms in total. The smallest absolute Gasteiger partial charge is 0.339 e. The Kier molecular flexibility index (Phi) is 6.48. The summed E-state index contributed by atoms with van der Waals surface area (Å²) in [7, 11) is 1.33. The maximum Gasteiger partial charge on any atom is 0.339 e. The first-order valence-electron chi connectivity index (χ1n) is 9.02. The Morgan fingerprint density at radius 2 is 1.93 bits per heavy atom. The zero-order chi connectivity index (χ0) is 19.2. The van der Waals surface area contributed by atoms with Gasteiger partial charge in [-0.3, -0.25) is 9.69 Å². The number of anilines is 1. The van der Waals surface area contributed by atoms with Gasteiger partial charge in [-0.1, -0.05) is 41.9 Å². The molecule has 0 spiro atoms. The SMILES string of the molecule is COC(=O)c1ccccc1NC(=O)[C@@H]1CCCN(Cc2ccccc2Cl)C1. The fraction of sp³-hybridized carbons (Fsp3) is 0.333. The quantitative estimate of drug-likeness (QED) is 0.790. The highest BCUT2D eigenvalue weighted by Gasteiger charge is 2.27. The number of ether oxygens (including phenoxy) is 1. The first-order chi connectivity index (χ1) is 13.1. The second-order valence-electron chi connectivity index (χ2n) is 6.69. The number of nitrogens with zero attached hydrogens (tertiary/aromatic N) is 1. The van der Waals surface area contributed by atoms with E-state index in [4.69, 9.17) is 16.3 Å². The van der Waals surface area contributed by atoms with Crippen molar-refractivity contribution in [1.82, 2.24) is 4.90 Å². The maximum atomic E-state index is 12.8. The molecule has 1 atom stereocenters. The molecule has 0 bridgehead atoms. The van der Waals surface area contributed by atoms with Gasteiger partial charge in [-0.05, 0) is 43.1 Å². The predicted octanol–water partition coefficient (Wildman–Crippen LogP) is 3.98. The van der Waals surface area contributed by atoms with Gasteiger partial charge < -0.3 is 10.1 Å². The van der Waals surface area contributed by atoms with E-state index in [-0.39, 0.29) is 11.8 Å². The Balaban J connectivity index is 1.65. The largest absolute Gasteiger partial charge is 0.465 e. The zero-order valence-electron chi connectivity index (χ0n) is 15.3. The van der Waals surface area contributed by atoms with E-state index in [9.17, 15) is 9.59 Å². The molecule has 0 aliphatic carbocycles. The van der Waals surface area contributed by atoms with Crippen LogP contribution in [0.1, 0.15) is 28.8 Å².